The minimum Gasteiger partial charge on any atom is -0.367 e. The SMILES string of the molecule is C=CC(=O)Nc1cc(Nc2ncc(F)c(-c3ccc4cc(C(=O)N(C)C)n(C(C)C)c4c3)n2)ccc1N1CCNCC1. The Labute approximate surface area is 244 Å². The third-order valence-electron chi connectivity index (χ3n) is 7.15. The van der Waals surface area contributed by atoms with Crippen molar-refractivity contribution in [3.05, 3.63) is 72.8 Å². The fourth-order valence-corrected chi connectivity index (χ4v) is 5.16. The number of hydrogen-bond acceptors (Lipinski definition) is 7. The van der Waals surface area contributed by atoms with Crippen molar-refractivity contribution in [3.8, 4) is 11.3 Å². The van der Waals surface area contributed by atoms with E-state index in [1.165, 1.54) is 6.08 Å². The smallest absolute Gasteiger partial charge is 0.270 e. The van der Waals surface area contributed by atoms with E-state index in [1.54, 1.807) is 31.1 Å². The van der Waals surface area contributed by atoms with Gasteiger partial charge in [-0.2, -0.15) is 0 Å². The van der Waals surface area contributed by atoms with E-state index in [-0.39, 0.29) is 29.5 Å². The number of rotatable bonds is 8. The molecule has 0 saturated carbocycles. The van der Waals surface area contributed by atoms with Gasteiger partial charge in [-0.25, -0.2) is 14.4 Å². The van der Waals surface area contributed by atoms with Gasteiger partial charge in [0, 0.05) is 68.5 Å². The number of piperazine rings is 1. The highest BCUT2D eigenvalue weighted by Gasteiger charge is 2.21. The summed E-state index contributed by atoms with van der Waals surface area (Å²) in [5.41, 5.74) is 4.21. The first-order chi connectivity index (χ1) is 20.2. The fourth-order valence-electron chi connectivity index (χ4n) is 5.16. The van der Waals surface area contributed by atoms with Crippen LogP contribution in [0.4, 0.5) is 27.4 Å². The van der Waals surface area contributed by atoms with E-state index in [4.69, 9.17) is 0 Å². The van der Waals surface area contributed by atoms with E-state index in [9.17, 15) is 9.59 Å². The summed E-state index contributed by atoms with van der Waals surface area (Å²) >= 11 is 0. The molecule has 0 unspecified atom stereocenters. The predicted molar refractivity (Wildman–Crippen MR) is 165 cm³/mol. The largest absolute Gasteiger partial charge is 0.367 e. The Hall–Kier alpha value is -4.77. The number of aromatic nitrogens is 3. The lowest BCUT2D eigenvalue weighted by atomic mass is 10.1. The lowest BCUT2D eigenvalue weighted by Crippen LogP contribution is -2.43. The lowest BCUT2D eigenvalue weighted by molar-refractivity contribution is -0.111. The molecule has 1 aliphatic rings. The zero-order valence-corrected chi connectivity index (χ0v) is 24.2. The van der Waals surface area contributed by atoms with E-state index >= 15 is 4.39 Å². The highest BCUT2D eigenvalue weighted by atomic mass is 19.1. The van der Waals surface area contributed by atoms with Gasteiger partial charge in [-0.15, -0.1) is 0 Å². The number of fused-ring (bicyclic) bond motifs is 1. The lowest BCUT2D eigenvalue weighted by Gasteiger charge is -2.31. The summed E-state index contributed by atoms with van der Waals surface area (Å²) in [6.07, 6.45) is 2.36. The van der Waals surface area contributed by atoms with E-state index in [1.807, 2.05) is 48.7 Å². The predicted octanol–water partition coefficient (Wildman–Crippen LogP) is 4.80. The van der Waals surface area contributed by atoms with Crippen molar-refractivity contribution >= 4 is 45.7 Å². The summed E-state index contributed by atoms with van der Waals surface area (Å²) in [5.74, 6) is -0.793. The van der Waals surface area contributed by atoms with Crippen LogP contribution in [0.2, 0.25) is 0 Å². The van der Waals surface area contributed by atoms with Gasteiger partial charge in [0.25, 0.3) is 5.91 Å². The van der Waals surface area contributed by atoms with E-state index in [2.05, 4.69) is 37.4 Å². The van der Waals surface area contributed by atoms with Crippen LogP contribution in [0.15, 0.2) is 61.3 Å². The van der Waals surface area contributed by atoms with Crippen LogP contribution in [0.25, 0.3) is 22.2 Å². The third kappa shape index (κ3) is 5.82. The molecule has 2 aromatic carbocycles. The number of nitrogens with zero attached hydrogens (tertiary/aromatic N) is 5. The van der Waals surface area contributed by atoms with Gasteiger partial charge in [0.05, 0.1) is 17.6 Å². The Kier molecular flexibility index (Phi) is 8.21. The summed E-state index contributed by atoms with van der Waals surface area (Å²) in [6.45, 7) is 10.9. The molecule has 1 aliphatic heterocycles. The van der Waals surface area contributed by atoms with Crippen molar-refractivity contribution < 1.29 is 14.0 Å². The Bertz CT molecular complexity index is 1660. The second-order valence-corrected chi connectivity index (χ2v) is 10.6. The summed E-state index contributed by atoms with van der Waals surface area (Å²) in [5, 5.41) is 10.2. The maximum atomic E-state index is 15.1. The van der Waals surface area contributed by atoms with E-state index in [0.717, 1.165) is 49.0 Å². The molecule has 10 nitrogen and oxygen atoms in total. The van der Waals surface area contributed by atoms with Crippen LogP contribution in [-0.4, -0.2) is 71.5 Å². The monoisotopic (exact) mass is 570 g/mol. The van der Waals surface area contributed by atoms with Crippen molar-refractivity contribution in [2.75, 3.05) is 55.8 Å². The van der Waals surface area contributed by atoms with Crippen molar-refractivity contribution in [3.63, 3.8) is 0 Å². The molecule has 218 valence electrons. The van der Waals surface area contributed by atoms with Crippen molar-refractivity contribution in [1.82, 2.24) is 24.8 Å². The van der Waals surface area contributed by atoms with E-state index < -0.39 is 5.82 Å². The van der Waals surface area contributed by atoms with Crippen LogP contribution < -0.4 is 20.9 Å². The van der Waals surface area contributed by atoms with Crippen LogP contribution in [0, 0.1) is 5.82 Å². The molecule has 1 saturated heterocycles. The average molecular weight is 571 g/mol. The Morgan fingerprint density at radius 1 is 1.12 bits per heavy atom. The second kappa shape index (κ2) is 12.0. The van der Waals surface area contributed by atoms with Crippen molar-refractivity contribution in [2.24, 2.45) is 0 Å². The zero-order chi connectivity index (χ0) is 30.0. The highest BCUT2D eigenvalue weighted by molar-refractivity contribution is 6.02. The number of benzene rings is 2. The Morgan fingerprint density at radius 3 is 2.57 bits per heavy atom. The number of amides is 2. The van der Waals surface area contributed by atoms with Gasteiger partial charge in [-0.1, -0.05) is 18.7 Å². The van der Waals surface area contributed by atoms with Crippen LogP contribution in [0.3, 0.4) is 0 Å². The number of carbonyl (C=O) groups is 2. The molecule has 0 bridgehead atoms. The molecule has 0 atom stereocenters. The zero-order valence-electron chi connectivity index (χ0n) is 24.2. The van der Waals surface area contributed by atoms with Gasteiger partial charge < -0.3 is 30.3 Å². The van der Waals surface area contributed by atoms with Crippen LogP contribution in [-0.2, 0) is 4.79 Å². The summed E-state index contributed by atoms with van der Waals surface area (Å²) in [6, 6.07) is 13.0. The molecule has 42 heavy (non-hydrogen) atoms. The first kappa shape index (κ1) is 28.7. The van der Waals surface area contributed by atoms with Crippen LogP contribution in [0.1, 0.15) is 30.4 Å². The molecule has 11 heteroatoms. The molecule has 5 rings (SSSR count). The Balaban J connectivity index is 1.49. The molecule has 0 aliphatic carbocycles. The molecule has 0 radical (unpaired) electrons. The maximum absolute atomic E-state index is 15.1. The van der Waals surface area contributed by atoms with Gasteiger partial charge in [-0.3, -0.25) is 9.59 Å². The minimum absolute atomic E-state index is 0.00377. The number of carbonyl (C=O) groups excluding carboxylic acids is 2. The van der Waals surface area contributed by atoms with Gasteiger partial charge >= 0.3 is 0 Å². The van der Waals surface area contributed by atoms with Gasteiger partial charge in [0.1, 0.15) is 11.4 Å². The molecule has 4 aromatic rings. The molecular formula is C31H35FN8O2. The first-order valence-corrected chi connectivity index (χ1v) is 13.9. The second-order valence-electron chi connectivity index (χ2n) is 10.6. The number of nitrogens with one attached hydrogen (secondary N) is 3. The van der Waals surface area contributed by atoms with E-state index in [0.29, 0.717) is 22.6 Å². The van der Waals surface area contributed by atoms with Gasteiger partial charge in [0.15, 0.2) is 5.82 Å². The normalized spacial score (nSPS) is 13.3. The third-order valence-corrected chi connectivity index (χ3v) is 7.15. The molecule has 2 aromatic heterocycles. The minimum atomic E-state index is -0.569. The highest BCUT2D eigenvalue weighted by Crippen LogP contribution is 2.33. The molecule has 0 spiro atoms. The molecule has 2 amide bonds. The van der Waals surface area contributed by atoms with Crippen molar-refractivity contribution in [1.29, 1.82) is 0 Å². The Morgan fingerprint density at radius 2 is 1.88 bits per heavy atom. The molecular weight excluding hydrogens is 535 g/mol. The quantitative estimate of drug-likeness (QED) is 0.261. The number of hydrogen-bond donors (Lipinski definition) is 3. The molecule has 1 fully saturated rings. The standard InChI is InChI=1S/C31H35FN8O2/c1-6-28(41)36-24-17-22(9-10-25(24)39-13-11-33-12-14-39)35-31-34-18-23(32)29(37-31)21-8-7-20-15-27(30(42)38(4)5)40(19(2)3)26(20)16-21/h6-10,15-19,33H,1,11-14H2,2-5H3,(H,36,41)(H,34,35,37). The van der Waals surface area contributed by atoms with Gasteiger partial charge in [-0.05, 0) is 50.3 Å². The average Bonchev–Trinajstić information content (AvgIpc) is 3.37. The summed E-state index contributed by atoms with van der Waals surface area (Å²) < 4.78 is 17.1. The summed E-state index contributed by atoms with van der Waals surface area (Å²) in [4.78, 5) is 37.5. The number of anilines is 4. The molecule has 3 N–H and O–H groups in total. The van der Waals surface area contributed by atoms with Crippen molar-refractivity contribution in [2.45, 2.75) is 19.9 Å². The first-order valence-electron chi connectivity index (χ1n) is 13.9. The maximum Gasteiger partial charge on any atom is 0.270 e. The molecule has 3 heterocycles. The van der Waals surface area contributed by atoms with Gasteiger partial charge in [0.2, 0.25) is 11.9 Å². The van der Waals surface area contributed by atoms with Crippen LogP contribution in [0.5, 0.6) is 0 Å². The van der Waals surface area contributed by atoms with Crippen LogP contribution >= 0.6 is 0 Å². The number of halogens is 1. The topological polar surface area (TPSA) is 107 Å². The summed E-state index contributed by atoms with van der Waals surface area (Å²) in [7, 11) is 3.44. The fraction of sp³-hybridized carbons (Fsp3) is 0.290.